The van der Waals surface area contributed by atoms with Gasteiger partial charge >= 0.3 is 0 Å². The number of fused-ring (bicyclic) bond motifs is 1. The molecule has 184 valence electrons. The normalized spacial score (nSPS) is 17.3. The standard InChI is InChI=1S/C27H28N6O3/c1-32(2)14-6-9-25(34)31-19-15-20(16-19)33-26-24(17-30-33)28-18-29-27(26)36-23-12-10-22(11-13-23)35-21-7-4-3-5-8-21/h3-13,17-20H,14-16H2,1-2H3,(H,31,34)/b9-6+/t19-,20+. The van der Waals surface area contributed by atoms with Crippen molar-refractivity contribution in [3.8, 4) is 23.1 Å². The van der Waals surface area contributed by atoms with Gasteiger partial charge in [-0.15, -0.1) is 0 Å². The predicted octanol–water partition coefficient (Wildman–Crippen LogP) is 4.35. The lowest BCUT2D eigenvalue weighted by atomic mass is 9.86. The van der Waals surface area contributed by atoms with E-state index in [0.29, 0.717) is 22.9 Å². The topological polar surface area (TPSA) is 94.4 Å². The Kier molecular flexibility index (Phi) is 6.90. The highest BCUT2D eigenvalue weighted by Gasteiger charge is 2.33. The third-order valence-corrected chi connectivity index (χ3v) is 5.91. The van der Waals surface area contributed by atoms with Crippen LogP contribution in [-0.4, -0.2) is 57.2 Å². The first-order chi connectivity index (χ1) is 17.5. The van der Waals surface area contributed by atoms with Crippen molar-refractivity contribution in [1.82, 2.24) is 30.0 Å². The van der Waals surface area contributed by atoms with E-state index >= 15 is 0 Å². The number of ether oxygens (including phenoxy) is 2. The lowest BCUT2D eigenvalue weighted by Gasteiger charge is -2.36. The molecule has 9 heteroatoms. The van der Waals surface area contributed by atoms with Gasteiger partial charge in [0.15, 0.2) is 0 Å². The number of likely N-dealkylation sites (N-methyl/N-ethyl adjacent to an activating group) is 1. The van der Waals surface area contributed by atoms with Crippen LogP contribution in [0.4, 0.5) is 0 Å². The molecule has 1 saturated carbocycles. The molecule has 0 radical (unpaired) electrons. The van der Waals surface area contributed by atoms with Crippen molar-refractivity contribution in [2.75, 3.05) is 20.6 Å². The van der Waals surface area contributed by atoms with Crippen LogP contribution >= 0.6 is 0 Å². The van der Waals surface area contributed by atoms with Gasteiger partial charge in [-0.1, -0.05) is 24.3 Å². The Morgan fingerprint density at radius 1 is 1.03 bits per heavy atom. The Balaban J connectivity index is 1.24. The van der Waals surface area contributed by atoms with Crippen molar-refractivity contribution < 1.29 is 14.3 Å². The zero-order valence-electron chi connectivity index (χ0n) is 20.2. The summed E-state index contributed by atoms with van der Waals surface area (Å²) in [6.07, 6.45) is 8.20. The maximum Gasteiger partial charge on any atom is 0.248 e. The van der Waals surface area contributed by atoms with E-state index in [-0.39, 0.29) is 18.0 Å². The molecule has 2 aromatic heterocycles. The maximum absolute atomic E-state index is 12.1. The van der Waals surface area contributed by atoms with Gasteiger partial charge in [0.05, 0.1) is 12.2 Å². The summed E-state index contributed by atoms with van der Waals surface area (Å²) in [5, 5.41) is 7.59. The zero-order valence-corrected chi connectivity index (χ0v) is 20.2. The minimum atomic E-state index is -0.0716. The van der Waals surface area contributed by atoms with E-state index in [4.69, 9.17) is 9.47 Å². The smallest absolute Gasteiger partial charge is 0.248 e. The van der Waals surface area contributed by atoms with Crippen LogP contribution in [0.25, 0.3) is 11.0 Å². The fourth-order valence-electron chi connectivity index (χ4n) is 4.05. The average molecular weight is 485 g/mol. The van der Waals surface area contributed by atoms with Gasteiger partial charge in [0.25, 0.3) is 0 Å². The molecule has 0 unspecified atom stereocenters. The minimum Gasteiger partial charge on any atom is -0.457 e. The highest BCUT2D eigenvalue weighted by Crippen LogP contribution is 2.37. The van der Waals surface area contributed by atoms with Crippen molar-refractivity contribution in [3.05, 3.63) is 79.3 Å². The molecule has 4 aromatic rings. The summed E-state index contributed by atoms with van der Waals surface area (Å²) in [6.45, 7) is 0.728. The number of carbonyl (C=O) groups is 1. The van der Waals surface area contributed by atoms with Crippen LogP contribution < -0.4 is 14.8 Å². The SMILES string of the molecule is CN(C)C/C=C/C(=O)N[C@H]1C[C@@H](n2ncc3ncnc(Oc4ccc(Oc5ccccc5)cc4)c32)C1. The number of nitrogens with zero attached hydrogens (tertiary/aromatic N) is 5. The molecule has 9 nitrogen and oxygen atoms in total. The summed E-state index contributed by atoms with van der Waals surface area (Å²) in [5.74, 6) is 2.48. The van der Waals surface area contributed by atoms with E-state index in [9.17, 15) is 4.79 Å². The summed E-state index contributed by atoms with van der Waals surface area (Å²) in [6, 6.07) is 17.2. The summed E-state index contributed by atoms with van der Waals surface area (Å²) in [5.41, 5.74) is 1.45. The van der Waals surface area contributed by atoms with Gasteiger partial charge in [-0.2, -0.15) is 10.1 Å². The summed E-state index contributed by atoms with van der Waals surface area (Å²) in [7, 11) is 3.93. The molecule has 1 N–H and O–H groups in total. The van der Waals surface area contributed by atoms with Crippen molar-refractivity contribution >= 4 is 16.9 Å². The minimum absolute atomic E-state index is 0.0716. The van der Waals surface area contributed by atoms with Crippen LogP contribution in [0.1, 0.15) is 18.9 Å². The molecular weight excluding hydrogens is 456 g/mol. The quantitative estimate of drug-likeness (QED) is 0.353. The van der Waals surface area contributed by atoms with Crippen molar-refractivity contribution in [1.29, 1.82) is 0 Å². The Bertz CT molecular complexity index is 1350. The van der Waals surface area contributed by atoms with Crippen molar-refractivity contribution in [2.24, 2.45) is 0 Å². The first-order valence-corrected chi connectivity index (χ1v) is 11.9. The van der Waals surface area contributed by atoms with E-state index in [0.717, 1.165) is 30.7 Å². The van der Waals surface area contributed by atoms with Gasteiger partial charge in [0, 0.05) is 18.7 Å². The number of carbonyl (C=O) groups excluding carboxylic acids is 1. The maximum atomic E-state index is 12.1. The van der Waals surface area contributed by atoms with E-state index in [2.05, 4.69) is 20.4 Å². The Morgan fingerprint density at radius 3 is 2.44 bits per heavy atom. The largest absolute Gasteiger partial charge is 0.457 e. The second kappa shape index (κ2) is 10.6. The Labute approximate surface area is 209 Å². The Morgan fingerprint density at radius 2 is 1.72 bits per heavy atom. The molecule has 0 bridgehead atoms. The molecule has 2 heterocycles. The van der Waals surface area contributed by atoms with E-state index < -0.39 is 0 Å². The number of rotatable bonds is 9. The fraction of sp³-hybridized carbons (Fsp3) is 0.259. The molecule has 1 fully saturated rings. The van der Waals surface area contributed by atoms with Gasteiger partial charge < -0.3 is 19.7 Å². The van der Waals surface area contributed by atoms with Gasteiger partial charge in [-0.3, -0.25) is 9.48 Å². The van der Waals surface area contributed by atoms with Gasteiger partial charge in [-0.05, 0) is 63.3 Å². The molecule has 5 rings (SSSR count). The first kappa shape index (κ1) is 23.5. The van der Waals surface area contributed by atoms with Gasteiger partial charge in [0.1, 0.15) is 34.6 Å². The fourth-order valence-corrected chi connectivity index (χ4v) is 4.05. The highest BCUT2D eigenvalue weighted by atomic mass is 16.5. The number of benzene rings is 2. The average Bonchev–Trinajstić information content (AvgIpc) is 3.27. The zero-order chi connectivity index (χ0) is 24.9. The molecule has 1 amide bonds. The van der Waals surface area contributed by atoms with Crippen molar-refractivity contribution in [3.63, 3.8) is 0 Å². The van der Waals surface area contributed by atoms with Crippen LogP contribution in [-0.2, 0) is 4.79 Å². The molecule has 0 spiro atoms. The van der Waals surface area contributed by atoms with Crippen LogP contribution in [0, 0.1) is 0 Å². The summed E-state index contributed by atoms with van der Waals surface area (Å²) in [4.78, 5) is 22.8. The summed E-state index contributed by atoms with van der Waals surface area (Å²) < 4.78 is 13.9. The molecule has 1 aliphatic rings. The lowest BCUT2D eigenvalue weighted by molar-refractivity contribution is -0.118. The number of nitrogens with one attached hydrogen (secondary N) is 1. The molecule has 0 atom stereocenters. The predicted molar refractivity (Wildman–Crippen MR) is 136 cm³/mol. The number of hydrogen-bond acceptors (Lipinski definition) is 7. The van der Waals surface area contributed by atoms with Crippen LogP contribution in [0.2, 0.25) is 0 Å². The van der Waals surface area contributed by atoms with Gasteiger partial charge in [-0.25, -0.2) is 4.98 Å². The monoisotopic (exact) mass is 484 g/mol. The second-order valence-electron chi connectivity index (χ2n) is 8.99. The van der Waals surface area contributed by atoms with Crippen LogP contribution in [0.5, 0.6) is 23.1 Å². The number of para-hydroxylation sites is 1. The van der Waals surface area contributed by atoms with Crippen LogP contribution in [0.15, 0.2) is 79.3 Å². The Hall–Kier alpha value is -4.24. The molecule has 36 heavy (non-hydrogen) atoms. The summed E-state index contributed by atoms with van der Waals surface area (Å²) >= 11 is 0. The van der Waals surface area contributed by atoms with Crippen LogP contribution in [0.3, 0.4) is 0 Å². The van der Waals surface area contributed by atoms with E-state index in [1.807, 2.05) is 84.4 Å². The third-order valence-electron chi connectivity index (χ3n) is 5.91. The third kappa shape index (κ3) is 5.52. The molecule has 1 aliphatic carbocycles. The molecule has 2 aromatic carbocycles. The lowest BCUT2D eigenvalue weighted by Crippen LogP contribution is -2.44. The molecular formula is C27H28N6O3. The second-order valence-corrected chi connectivity index (χ2v) is 8.99. The molecule has 0 aliphatic heterocycles. The van der Waals surface area contributed by atoms with Gasteiger partial charge in [0.2, 0.25) is 11.8 Å². The number of amides is 1. The number of aromatic nitrogens is 4. The highest BCUT2D eigenvalue weighted by molar-refractivity contribution is 5.87. The van der Waals surface area contributed by atoms with E-state index in [1.54, 1.807) is 12.3 Å². The van der Waals surface area contributed by atoms with Crippen molar-refractivity contribution in [2.45, 2.75) is 24.9 Å². The first-order valence-electron chi connectivity index (χ1n) is 11.9. The number of hydrogen-bond donors (Lipinski definition) is 1. The van der Waals surface area contributed by atoms with E-state index in [1.165, 1.54) is 6.33 Å². The molecule has 0 saturated heterocycles.